The van der Waals surface area contributed by atoms with Crippen LogP contribution in [0.15, 0.2) is 28.7 Å². The van der Waals surface area contributed by atoms with Crippen molar-refractivity contribution in [3.05, 3.63) is 34.3 Å². The van der Waals surface area contributed by atoms with Gasteiger partial charge >= 0.3 is 0 Å². The van der Waals surface area contributed by atoms with Gasteiger partial charge in [-0.15, -0.1) is 0 Å². The van der Waals surface area contributed by atoms with Crippen molar-refractivity contribution >= 4 is 15.9 Å². The van der Waals surface area contributed by atoms with E-state index in [1.807, 2.05) is 18.2 Å². The Bertz CT molecular complexity index is 376. The van der Waals surface area contributed by atoms with E-state index in [4.69, 9.17) is 14.2 Å². The topological polar surface area (TPSA) is 39.7 Å². The molecule has 5 heteroatoms. The first-order chi connectivity index (χ1) is 10.3. The molecule has 1 aromatic rings. The van der Waals surface area contributed by atoms with Crippen molar-refractivity contribution < 1.29 is 14.2 Å². The maximum atomic E-state index is 6.01. The van der Waals surface area contributed by atoms with Gasteiger partial charge in [0.2, 0.25) is 0 Å². The molecule has 0 spiro atoms. The first-order valence-corrected chi connectivity index (χ1v) is 8.22. The zero-order valence-electron chi connectivity index (χ0n) is 12.9. The summed E-state index contributed by atoms with van der Waals surface area (Å²) in [4.78, 5) is 0. The molecule has 0 fully saturated rings. The predicted octanol–water partition coefficient (Wildman–Crippen LogP) is 3.17. The van der Waals surface area contributed by atoms with Gasteiger partial charge in [-0.05, 0) is 24.6 Å². The van der Waals surface area contributed by atoms with E-state index in [-0.39, 0.29) is 6.10 Å². The number of halogens is 1. The van der Waals surface area contributed by atoms with Gasteiger partial charge in [-0.2, -0.15) is 0 Å². The van der Waals surface area contributed by atoms with Crippen molar-refractivity contribution in [1.29, 1.82) is 0 Å². The number of methoxy groups -OCH3 is 1. The van der Waals surface area contributed by atoms with Crippen LogP contribution in [-0.4, -0.2) is 46.6 Å². The fourth-order valence-corrected chi connectivity index (χ4v) is 2.44. The second-order valence-electron chi connectivity index (χ2n) is 4.65. The van der Waals surface area contributed by atoms with Crippen molar-refractivity contribution in [2.75, 3.05) is 46.6 Å². The van der Waals surface area contributed by atoms with Gasteiger partial charge in [0.05, 0.1) is 19.3 Å². The lowest BCUT2D eigenvalue weighted by atomic mass is 10.1. The Morgan fingerprint density at radius 2 is 1.95 bits per heavy atom. The van der Waals surface area contributed by atoms with Crippen LogP contribution in [0.3, 0.4) is 0 Å². The quantitative estimate of drug-likeness (QED) is 0.582. The van der Waals surface area contributed by atoms with E-state index in [0.29, 0.717) is 26.4 Å². The highest BCUT2D eigenvalue weighted by Crippen LogP contribution is 2.25. The molecule has 4 nitrogen and oxygen atoms in total. The second-order valence-corrected chi connectivity index (χ2v) is 5.50. The maximum absolute atomic E-state index is 6.01. The van der Waals surface area contributed by atoms with Gasteiger partial charge in [0, 0.05) is 31.3 Å². The summed E-state index contributed by atoms with van der Waals surface area (Å²) in [5.41, 5.74) is 1.18. The Labute approximate surface area is 136 Å². The number of benzene rings is 1. The molecule has 1 aromatic carbocycles. The van der Waals surface area contributed by atoms with Crippen LogP contribution in [0, 0.1) is 0 Å². The van der Waals surface area contributed by atoms with Crippen LogP contribution in [-0.2, 0) is 14.2 Å². The van der Waals surface area contributed by atoms with Gasteiger partial charge in [0.25, 0.3) is 0 Å². The fourth-order valence-electron chi connectivity index (χ4n) is 1.90. The van der Waals surface area contributed by atoms with E-state index < -0.39 is 0 Å². The highest BCUT2D eigenvalue weighted by molar-refractivity contribution is 9.10. The minimum Gasteiger partial charge on any atom is -0.382 e. The van der Waals surface area contributed by atoms with Gasteiger partial charge in [-0.25, -0.2) is 0 Å². The summed E-state index contributed by atoms with van der Waals surface area (Å²) in [6.45, 7) is 6.51. The third-order valence-corrected chi connectivity index (χ3v) is 3.74. The molecule has 0 amide bonds. The van der Waals surface area contributed by atoms with Crippen molar-refractivity contribution in [3.63, 3.8) is 0 Å². The molecule has 1 atom stereocenters. The molecule has 0 aromatic heterocycles. The van der Waals surface area contributed by atoms with Gasteiger partial charge in [-0.1, -0.05) is 41.1 Å². The normalized spacial score (nSPS) is 12.5. The Kier molecular flexibility index (Phi) is 10.7. The largest absolute Gasteiger partial charge is 0.382 e. The van der Waals surface area contributed by atoms with E-state index >= 15 is 0 Å². The van der Waals surface area contributed by atoms with Crippen molar-refractivity contribution in [3.8, 4) is 0 Å². The molecule has 1 N–H and O–H groups in total. The standard InChI is InChI=1S/C16H26BrNO3/c1-3-18-13-16(14-7-4-5-8-15(14)17)21-10-6-9-20-12-11-19-2/h4-5,7-8,16,18H,3,6,9-13H2,1-2H3. The average molecular weight is 360 g/mol. The fraction of sp³-hybridized carbons (Fsp3) is 0.625. The van der Waals surface area contributed by atoms with E-state index in [1.165, 1.54) is 5.56 Å². The average Bonchev–Trinajstić information content (AvgIpc) is 2.50. The third-order valence-electron chi connectivity index (χ3n) is 3.02. The minimum atomic E-state index is 0.0551. The molecule has 1 rings (SSSR count). The SMILES string of the molecule is CCNCC(OCCCOCCOC)c1ccccc1Br. The van der Waals surface area contributed by atoms with E-state index in [2.05, 4.69) is 34.2 Å². The number of ether oxygens (including phenoxy) is 3. The first kappa shape index (κ1) is 18.6. The van der Waals surface area contributed by atoms with Crippen LogP contribution in [0.4, 0.5) is 0 Å². The van der Waals surface area contributed by atoms with Crippen molar-refractivity contribution in [1.82, 2.24) is 5.32 Å². The lowest BCUT2D eigenvalue weighted by Crippen LogP contribution is -2.24. The number of hydrogen-bond donors (Lipinski definition) is 1. The molecular weight excluding hydrogens is 334 g/mol. The van der Waals surface area contributed by atoms with E-state index in [0.717, 1.165) is 24.0 Å². The van der Waals surface area contributed by atoms with Gasteiger partial charge in [0.1, 0.15) is 0 Å². The Morgan fingerprint density at radius 3 is 2.67 bits per heavy atom. The number of nitrogens with one attached hydrogen (secondary N) is 1. The predicted molar refractivity (Wildman–Crippen MR) is 88.7 cm³/mol. The van der Waals surface area contributed by atoms with Gasteiger partial charge < -0.3 is 19.5 Å². The summed E-state index contributed by atoms with van der Waals surface area (Å²) < 4.78 is 17.5. The zero-order valence-corrected chi connectivity index (χ0v) is 14.5. The monoisotopic (exact) mass is 359 g/mol. The van der Waals surface area contributed by atoms with Crippen LogP contribution in [0.5, 0.6) is 0 Å². The molecule has 0 heterocycles. The summed E-state index contributed by atoms with van der Waals surface area (Å²) in [6, 6.07) is 8.20. The summed E-state index contributed by atoms with van der Waals surface area (Å²) in [7, 11) is 1.68. The highest BCUT2D eigenvalue weighted by atomic mass is 79.9. The molecule has 0 saturated heterocycles. The molecule has 120 valence electrons. The van der Waals surface area contributed by atoms with Crippen molar-refractivity contribution in [2.45, 2.75) is 19.4 Å². The van der Waals surface area contributed by atoms with E-state index in [9.17, 15) is 0 Å². The van der Waals surface area contributed by atoms with Crippen LogP contribution >= 0.6 is 15.9 Å². The van der Waals surface area contributed by atoms with E-state index in [1.54, 1.807) is 7.11 Å². The molecular formula is C16H26BrNO3. The third kappa shape index (κ3) is 7.93. The number of hydrogen-bond acceptors (Lipinski definition) is 4. The molecule has 0 aliphatic heterocycles. The summed E-state index contributed by atoms with van der Waals surface area (Å²) in [5.74, 6) is 0. The minimum absolute atomic E-state index is 0.0551. The molecule has 21 heavy (non-hydrogen) atoms. The molecule has 0 bridgehead atoms. The maximum Gasteiger partial charge on any atom is 0.0960 e. The molecule has 1 unspecified atom stereocenters. The lowest BCUT2D eigenvalue weighted by molar-refractivity contribution is 0.0229. The first-order valence-electron chi connectivity index (χ1n) is 7.43. The summed E-state index contributed by atoms with van der Waals surface area (Å²) >= 11 is 3.59. The molecule has 0 saturated carbocycles. The smallest absolute Gasteiger partial charge is 0.0960 e. The number of rotatable bonds is 12. The van der Waals surface area contributed by atoms with Crippen molar-refractivity contribution in [2.24, 2.45) is 0 Å². The molecule has 0 radical (unpaired) electrons. The number of likely N-dealkylation sites (N-methyl/N-ethyl adjacent to an activating group) is 1. The molecule has 0 aliphatic rings. The summed E-state index contributed by atoms with van der Waals surface area (Å²) in [5, 5.41) is 3.35. The zero-order chi connectivity index (χ0) is 15.3. The van der Waals surface area contributed by atoms with Crippen LogP contribution in [0.1, 0.15) is 25.0 Å². The lowest BCUT2D eigenvalue weighted by Gasteiger charge is -2.20. The summed E-state index contributed by atoms with van der Waals surface area (Å²) in [6.07, 6.45) is 0.941. The second kappa shape index (κ2) is 12.1. The van der Waals surface area contributed by atoms with Crippen LogP contribution in [0.25, 0.3) is 0 Å². The van der Waals surface area contributed by atoms with Gasteiger partial charge in [0.15, 0.2) is 0 Å². The van der Waals surface area contributed by atoms with Crippen LogP contribution in [0.2, 0.25) is 0 Å². The van der Waals surface area contributed by atoms with Crippen LogP contribution < -0.4 is 5.32 Å². The Hall–Kier alpha value is -0.460. The Balaban J connectivity index is 2.35. The molecule has 0 aliphatic carbocycles. The highest BCUT2D eigenvalue weighted by Gasteiger charge is 2.14. The van der Waals surface area contributed by atoms with Gasteiger partial charge in [-0.3, -0.25) is 0 Å². The Morgan fingerprint density at radius 1 is 1.14 bits per heavy atom.